The molecule has 1 aromatic heterocycles. The molecule has 0 amide bonds. The summed E-state index contributed by atoms with van der Waals surface area (Å²) in [6, 6.07) is 1.87. The highest BCUT2D eigenvalue weighted by Crippen LogP contribution is 2.37. The van der Waals surface area contributed by atoms with Gasteiger partial charge in [-0.15, -0.1) is 0 Å². The first kappa shape index (κ1) is 21.1. The van der Waals surface area contributed by atoms with Crippen molar-refractivity contribution in [2.75, 3.05) is 12.4 Å². The Kier molecular flexibility index (Phi) is 7.89. The zero-order valence-electron chi connectivity index (χ0n) is 15.4. The van der Waals surface area contributed by atoms with Gasteiger partial charge in [-0.3, -0.25) is 4.98 Å². The molecular weight excluding hydrogens is 390 g/mol. The van der Waals surface area contributed by atoms with Crippen molar-refractivity contribution in [2.45, 2.75) is 58.0 Å². The number of alkyl halides is 1. The largest absolute Gasteiger partial charge is 0.477 e. The summed E-state index contributed by atoms with van der Waals surface area (Å²) in [6.45, 7) is 11.5. The number of pyridine rings is 1. The molecule has 0 bridgehead atoms. The maximum absolute atomic E-state index is 11.8. The molecule has 1 aromatic rings. The molecule has 0 aliphatic heterocycles. The van der Waals surface area contributed by atoms with Crippen molar-refractivity contribution in [2.24, 2.45) is 0 Å². The minimum atomic E-state index is -1.82. The third-order valence-electron chi connectivity index (χ3n) is 4.29. The van der Waals surface area contributed by atoms with Gasteiger partial charge in [0.15, 0.2) is 14.4 Å². The highest BCUT2D eigenvalue weighted by Gasteiger charge is 2.37. The van der Waals surface area contributed by atoms with Gasteiger partial charge in [0.25, 0.3) is 0 Å². The second-order valence-electron chi connectivity index (χ2n) is 7.19. The van der Waals surface area contributed by atoms with Crippen molar-refractivity contribution in [3.8, 4) is 5.75 Å². The summed E-state index contributed by atoms with van der Waals surface area (Å²) in [5.74, 6) is 0.153. The van der Waals surface area contributed by atoms with Gasteiger partial charge in [-0.2, -0.15) is 0 Å². The molecule has 0 saturated heterocycles. The minimum Gasteiger partial charge on any atom is -0.477 e. The van der Waals surface area contributed by atoms with Crippen LogP contribution in [0.3, 0.4) is 0 Å². The molecule has 1 atom stereocenters. The van der Waals surface area contributed by atoms with Gasteiger partial charge < -0.3 is 13.9 Å². The van der Waals surface area contributed by atoms with E-state index in [2.05, 4.69) is 54.8 Å². The van der Waals surface area contributed by atoms with E-state index in [9.17, 15) is 4.79 Å². The van der Waals surface area contributed by atoms with Crippen molar-refractivity contribution in [3.05, 3.63) is 24.0 Å². The number of hydrogen-bond acceptors (Lipinski definition) is 5. The maximum atomic E-state index is 11.8. The summed E-state index contributed by atoms with van der Waals surface area (Å²) in [5.41, 5.74) is 0.930. The summed E-state index contributed by atoms with van der Waals surface area (Å²) >= 11 is 3.32. The number of nitrogens with zero attached hydrogens (tertiary/aromatic N) is 1. The third-order valence-corrected chi connectivity index (χ3v) is 9.23. The number of rotatable bonds is 8. The average Bonchev–Trinajstić information content (AvgIpc) is 2.51. The van der Waals surface area contributed by atoms with Crippen molar-refractivity contribution in [3.63, 3.8) is 0 Å². The smallest absolute Gasteiger partial charge is 0.347 e. The molecule has 1 rings (SSSR count). The summed E-state index contributed by atoms with van der Waals surface area (Å²) in [7, 11) is -0.467. The first-order valence-corrected chi connectivity index (χ1v) is 12.0. The lowest BCUT2D eigenvalue weighted by Crippen LogP contribution is -2.40. The molecule has 0 N–H and O–H groups in total. The van der Waals surface area contributed by atoms with Crippen molar-refractivity contribution < 1.29 is 18.7 Å². The van der Waals surface area contributed by atoms with E-state index >= 15 is 0 Å². The van der Waals surface area contributed by atoms with E-state index in [4.69, 9.17) is 13.9 Å². The number of aromatic nitrogens is 1. The summed E-state index contributed by atoms with van der Waals surface area (Å²) < 4.78 is 16.7. The van der Waals surface area contributed by atoms with Crippen LogP contribution >= 0.6 is 15.9 Å². The second kappa shape index (κ2) is 8.96. The molecule has 0 fully saturated rings. The fourth-order valence-electron chi connectivity index (χ4n) is 1.71. The molecule has 7 heteroatoms. The number of carbonyl (C=O) groups is 1. The minimum absolute atomic E-state index is 0.153. The van der Waals surface area contributed by atoms with Gasteiger partial charge in [0.05, 0.1) is 19.9 Å². The molecule has 1 unspecified atom stereocenters. The predicted octanol–water partition coefficient (Wildman–Crippen LogP) is 4.31. The van der Waals surface area contributed by atoms with Crippen LogP contribution in [-0.4, -0.2) is 37.8 Å². The zero-order valence-corrected chi connectivity index (χ0v) is 18.0. The Hall–Kier alpha value is -0.923. The van der Waals surface area contributed by atoms with Crippen LogP contribution in [0.25, 0.3) is 0 Å². The Labute approximate surface area is 154 Å². The molecular formula is C17H28BrNO4Si. The molecule has 0 aromatic carbocycles. The Bertz CT molecular complexity index is 546. The van der Waals surface area contributed by atoms with Crippen LogP contribution in [0.15, 0.2) is 18.5 Å². The lowest BCUT2D eigenvalue weighted by molar-refractivity contribution is -0.148. The maximum Gasteiger partial charge on any atom is 0.347 e. The Morgan fingerprint density at radius 1 is 1.33 bits per heavy atom. The zero-order chi connectivity index (χ0) is 18.4. The SMILES string of the molecule is COC(=O)C(CCBr)Oc1cncc(CO[Si](C)(C)C(C)(C)C)c1. The van der Waals surface area contributed by atoms with Gasteiger partial charge in [-0.1, -0.05) is 36.7 Å². The first-order chi connectivity index (χ1) is 11.1. The van der Waals surface area contributed by atoms with E-state index in [-0.39, 0.29) is 5.04 Å². The summed E-state index contributed by atoms with van der Waals surface area (Å²) in [4.78, 5) is 15.9. The topological polar surface area (TPSA) is 57.7 Å². The van der Waals surface area contributed by atoms with Crippen LogP contribution in [0.5, 0.6) is 5.75 Å². The quantitative estimate of drug-likeness (QED) is 0.358. The average molecular weight is 418 g/mol. The molecule has 0 radical (unpaired) electrons. The van der Waals surface area contributed by atoms with Crippen LogP contribution in [-0.2, 0) is 20.6 Å². The van der Waals surface area contributed by atoms with Gasteiger partial charge >= 0.3 is 5.97 Å². The van der Waals surface area contributed by atoms with Crippen LogP contribution in [0.2, 0.25) is 18.1 Å². The Balaban J connectivity index is 2.78. The third kappa shape index (κ3) is 6.18. The molecule has 24 heavy (non-hydrogen) atoms. The van der Waals surface area contributed by atoms with Crippen LogP contribution < -0.4 is 4.74 Å². The van der Waals surface area contributed by atoms with E-state index in [1.165, 1.54) is 7.11 Å². The van der Waals surface area contributed by atoms with E-state index < -0.39 is 20.4 Å². The monoisotopic (exact) mass is 417 g/mol. The van der Waals surface area contributed by atoms with Crippen LogP contribution in [0, 0.1) is 0 Å². The number of carbonyl (C=O) groups excluding carboxylic acids is 1. The Morgan fingerprint density at radius 2 is 2.00 bits per heavy atom. The second-order valence-corrected chi connectivity index (χ2v) is 12.8. The number of methoxy groups -OCH3 is 1. The summed E-state index contributed by atoms with van der Waals surface area (Å²) in [6.07, 6.45) is 3.24. The standard InChI is InChI=1S/C17H28BrNO4Si/c1-17(2,3)24(5,6)22-12-13-9-14(11-19-10-13)23-15(7-8-18)16(20)21-4/h9-11,15H,7-8,12H2,1-6H3. The van der Waals surface area contributed by atoms with Gasteiger partial charge in [0, 0.05) is 17.9 Å². The first-order valence-electron chi connectivity index (χ1n) is 7.99. The molecule has 5 nitrogen and oxygen atoms in total. The highest BCUT2D eigenvalue weighted by atomic mass is 79.9. The number of hydrogen-bond donors (Lipinski definition) is 0. The van der Waals surface area contributed by atoms with E-state index in [1.54, 1.807) is 12.4 Å². The molecule has 136 valence electrons. The Morgan fingerprint density at radius 3 is 2.54 bits per heavy atom. The van der Waals surface area contributed by atoms with Gasteiger partial charge in [0.1, 0.15) is 5.75 Å². The molecule has 0 aliphatic rings. The molecule has 0 aliphatic carbocycles. The number of ether oxygens (including phenoxy) is 2. The lowest BCUT2D eigenvalue weighted by atomic mass is 10.2. The van der Waals surface area contributed by atoms with Crippen molar-refractivity contribution in [1.82, 2.24) is 4.98 Å². The molecule has 1 heterocycles. The lowest BCUT2D eigenvalue weighted by Gasteiger charge is -2.36. The summed E-state index contributed by atoms with van der Waals surface area (Å²) in [5, 5.41) is 0.800. The molecule has 0 saturated carbocycles. The van der Waals surface area contributed by atoms with E-state index in [0.29, 0.717) is 24.1 Å². The highest BCUT2D eigenvalue weighted by molar-refractivity contribution is 9.09. The van der Waals surface area contributed by atoms with Gasteiger partial charge in [-0.25, -0.2) is 4.79 Å². The molecule has 0 spiro atoms. The fraction of sp³-hybridized carbons (Fsp3) is 0.647. The number of halogens is 1. The van der Waals surface area contributed by atoms with Crippen LogP contribution in [0.4, 0.5) is 0 Å². The van der Waals surface area contributed by atoms with Gasteiger partial charge in [0.2, 0.25) is 0 Å². The number of esters is 1. The van der Waals surface area contributed by atoms with Crippen LogP contribution in [0.1, 0.15) is 32.8 Å². The van der Waals surface area contributed by atoms with E-state index in [1.807, 2.05) is 6.07 Å². The van der Waals surface area contributed by atoms with Gasteiger partial charge in [-0.05, 0) is 29.8 Å². The fourth-order valence-corrected chi connectivity index (χ4v) is 3.08. The van der Waals surface area contributed by atoms with E-state index in [0.717, 1.165) is 5.56 Å². The normalized spacial score (nSPS) is 13.5. The van der Waals surface area contributed by atoms with Crippen molar-refractivity contribution in [1.29, 1.82) is 0 Å². The van der Waals surface area contributed by atoms with Crippen molar-refractivity contribution >= 4 is 30.2 Å². The predicted molar refractivity (Wildman–Crippen MR) is 101 cm³/mol.